The van der Waals surface area contributed by atoms with E-state index in [4.69, 9.17) is 14.6 Å². The number of rotatable bonds is 5. The summed E-state index contributed by atoms with van der Waals surface area (Å²) in [5, 5.41) is 18.2. The van der Waals surface area contributed by atoms with Crippen LogP contribution in [0, 0.1) is 6.92 Å². The highest BCUT2D eigenvalue weighted by Gasteiger charge is 2.14. The number of aromatic nitrogens is 1. The maximum Gasteiger partial charge on any atom is 0.371 e. The van der Waals surface area contributed by atoms with Crippen LogP contribution in [0.1, 0.15) is 31.9 Å². The Morgan fingerprint density at radius 3 is 2.68 bits per heavy atom. The van der Waals surface area contributed by atoms with Crippen LogP contribution < -0.4 is 0 Å². The Balaban J connectivity index is 2.14. The predicted molar refractivity (Wildman–Crippen MR) is 66.7 cm³/mol. The van der Waals surface area contributed by atoms with Crippen LogP contribution in [-0.4, -0.2) is 27.1 Å². The van der Waals surface area contributed by atoms with E-state index in [9.17, 15) is 9.59 Å². The molecule has 2 aromatic rings. The highest BCUT2D eigenvalue weighted by Crippen LogP contribution is 2.22. The monoisotopic (exact) mass is 281 g/mol. The van der Waals surface area contributed by atoms with Crippen LogP contribution in [0.4, 0.5) is 0 Å². The maximum absolute atomic E-state index is 10.7. The van der Waals surface area contributed by atoms with Crippen molar-refractivity contribution >= 4 is 23.3 Å². The summed E-state index contributed by atoms with van der Waals surface area (Å²) in [5.41, 5.74) is 0.687. The second-order valence-electron chi connectivity index (χ2n) is 3.93. The molecule has 0 aliphatic carbocycles. The van der Waals surface area contributed by atoms with Gasteiger partial charge in [-0.05, 0) is 19.1 Å². The van der Waals surface area contributed by atoms with Crippen molar-refractivity contribution in [1.29, 1.82) is 0 Å². The molecule has 0 fully saturated rings. The molecule has 0 aliphatic rings. The van der Waals surface area contributed by atoms with E-state index in [1.807, 2.05) is 0 Å². The summed E-state index contributed by atoms with van der Waals surface area (Å²) in [6.07, 6.45) is 0.306. The molecule has 2 rings (SSSR count). The molecule has 6 nitrogen and oxygen atoms in total. The smallest absolute Gasteiger partial charge is 0.371 e. The van der Waals surface area contributed by atoms with Crippen molar-refractivity contribution in [2.75, 3.05) is 0 Å². The molecule has 0 bridgehead atoms. The quantitative estimate of drug-likeness (QED) is 0.868. The third-order valence-corrected chi connectivity index (χ3v) is 3.60. The third-order valence-electron chi connectivity index (χ3n) is 2.45. The first-order valence-electron chi connectivity index (χ1n) is 5.44. The fraction of sp³-hybridized carbons (Fsp3) is 0.250. The lowest BCUT2D eigenvalue weighted by molar-refractivity contribution is -0.136. The zero-order valence-corrected chi connectivity index (χ0v) is 10.9. The Labute approximate surface area is 112 Å². The minimum absolute atomic E-state index is 0.0535. The molecular weight excluding hydrogens is 270 g/mol. The SMILES string of the molecule is Cc1nc(Cc2ccc(C(=O)O)o2)sc1CC(=O)O. The second kappa shape index (κ2) is 5.23. The van der Waals surface area contributed by atoms with E-state index in [0.29, 0.717) is 27.8 Å². The van der Waals surface area contributed by atoms with Gasteiger partial charge in [-0.3, -0.25) is 4.79 Å². The van der Waals surface area contributed by atoms with Crippen molar-refractivity contribution in [2.24, 2.45) is 0 Å². The Morgan fingerprint density at radius 1 is 1.37 bits per heavy atom. The normalized spacial score (nSPS) is 10.6. The molecule has 0 aliphatic heterocycles. The fourth-order valence-corrected chi connectivity index (χ4v) is 2.67. The van der Waals surface area contributed by atoms with Crippen molar-refractivity contribution in [3.63, 3.8) is 0 Å². The number of thiazole rings is 1. The summed E-state index contributed by atoms with van der Waals surface area (Å²) in [6.45, 7) is 1.75. The van der Waals surface area contributed by atoms with Crippen molar-refractivity contribution in [1.82, 2.24) is 4.98 Å². The molecule has 0 spiro atoms. The molecule has 2 N–H and O–H groups in total. The summed E-state index contributed by atoms with van der Waals surface area (Å²) in [6, 6.07) is 2.97. The molecule has 2 aromatic heterocycles. The molecule has 19 heavy (non-hydrogen) atoms. The molecule has 0 amide bonds. The van der Waals surface area contributed by atoms with E-state index in [0.717, 1.165) is 0 Å². The van der Waals surface area contributed by atoms with Gasteiger partial charge in [0.25, 0.3) is 0 Å². The zero-order valence-electron chi connectivity index (χ0n) is 10.0. The van der Waals surface area contributed by atoms with E-state index >= 15 is 0 Å². The number of hydrogen-bond donors (Lipinski definition) is 2. The number of carbonyl (C=O) groups is 2. The Morgan fingerprint density at radius 2 is 2.11 bits per heavy atom. The van der Waals surface area contributed by atoms with E-state index in [1.54, 1.807) is 13.0 Å². The van der Waals surface area contributed by atoms with Gasteiger partial charge in [0, 0.05) is 4.88 Å². The van der Waals surface area contributed by atoms with Gasteiger partial charge in [-0.25, -0.2) is 9.78 Å². The first kappa shape index (κ1) is 13.3. The lowest BCUT2D eigenvalue weighted by atomic mass is 10.3. The van der Waals surface area contributed by atoms with Gasteiger partial charge in [0.15, 0.2) is 0 Å². The number of nitrogens with zero attached hydrogens (tertiary/aromatic N) is 1. The summed E-state index contributed by atoms with van der Waals surface area (Å²) in [4.78, 5) is 26.3. The van der Waals surface area contributed by atoms with Gasteiger partial charge in [0.05, 0.1) is 18.5 Å². The molecule has 2 heterocycles. The van der Waals surface area contributed by atoms with Crippen LogP contribution in [0.3, 0.4) is 0 Å². The first-order chi connectivity index (χ1) is 8.95. The molecule has 0 radical (unpaired) electrons. The van der Waals surface area contributed by atoms with Crippen LogP contribution >= 0.6 is 11.3 Å². The lowest BCUT2D eigenvalue weighted by Crippen LogP contribution is -1.99. The molecular formula is C12H11NO5S. The van der Waals surface area contributed by atoms with E-state index in [1.165, 1.54) is 17.4 Å². The molecule has 0 aromatic carbocycles. The number of aliphatic carboxylic acids is 1. The van der Waals surface area contributed by atoms with Crippen molar-refractivity contribution < 1.29 is 24.2 Å². The van der Waals surface area contributed by atoms with Gasteiger partial charge < -0.3 is 14.6 Å². The van der Waals surface area contributed by atoms with E-state index < -0.39 is 11.9 Å². The predicted octanol–water partition coefficient (Wildman–Crippen LogP) is 1.96. The van der Waals surface area contributed by atoms with Crippen LogP contribution in [-0.2, 0) is 17.6 Å². The minimum Gasteiger partial charge on any atom is -0.481 e. The third kappa shape index (κ3) is 3.19. The van der Waals surface area contributed by atoms with Gasteiger partial charge in [0.1, 0.15) is 10.8 Å². The van der Waals surface area contributed by atoms with Gasteiger partial charge in [-0.1, -0.05) is 0 Å². The molecule has 0 saturated carbocycles. The first-order valence-corrected chi connectivity index (χ1v) is 6.26. The summed E-state index contributed by atoms with van der Waals surface area (Å²) < 4.78 is 5.13. The van der Waals surface area contributed by atoms with Gasteiger partial charge in [-0.2, -0.15) is 0 Å². The summed E-state index contributed by atoms with van der Waals surface area (Å²) in [5.74, 6) is -1.64. The van der Waals surface area contributed by atoms with Crippen LogP contribution in [0.25, 0.3) is 0 Å². The van der Waals surface area contributed by atoms with E-state index in [-0.39, 0.29) is 12.2 Å². The highest BCUT2D eigenvalue weighted by molar-refractivity contribution is 7.11. The average molecular weight is 281 g/mol. The van der Waals surface area contributed by atoms with Crippen molar-refractivity contribution in [2.45, 2.75) is 19.8 Å². The number of carboxylic acid groups (broad SMARTS) is 2. The molecule has 7 heteroatoms. The number of aromatic carboxylic acids is 1. The number of furan rings is 1. The molecule has 0 unspecified atom stereocenters. The zero-order chi connectivity index (χ0) is 14.0. The largest absolute Gasteiger partial charge is 0.481 e. The lowest BCUT2D eigenvalue weighted by Gasteiger charge is -1.91. The minimum atomic E-state index is -1.12. The van der Waals surface area contributed by atoms with Crippen LogP contribution in [0.2, 0.25) is 0 Å². The Bertz CT molecular complexity index is 628. The summed E-state index contributed by atoms with van der Waals surface area (Å²) >= 11 is 1.30. The topological polar surface area (TPSA) is 101 Å². The number of hydrogen-bond acceptors (Lipinski definition) is 5. The molecule has 0 saturated heterocycles. The Kier molecular flexibility index (Phi) is 3.66. The second-order valence-corrected chi connectivity index (χ2v) is 5.10. The van der Waals surface area contributed by atoms with Crippen molar-refractivity contribution in [3.8, 4) is 0 Å². The van der Waals surface area contributed by atoms with Gasteiger partial charge >= 0.3 is 11.9 Å². The highest BCUT2D eigenvalue weighted by atomic mass is 32.1. The van der Waals surface area contributed by atoms with Crippen LogP contribution in [0.15, 0.2) is 16.5 Å². The Hall–Kier alpha value is -2.15. The molecule has 100 valence electrons. The fourth-order valence-electron chi connectivity index (χ4n) is 1.60. The van der Waals surface area contributed by atoms with E-state index in [2.05, 4.69) is 4.98 Å². The van der Waals surface area contributed by atoms with Gasteiger partial charge in [0.2, 0.25) is 5.76 Å². The summed E-state index contributed by atoms with van der Waals surface area (Å²) in [7, 11) is 0. The maximum atomic E-state index is 10.7. The standard InChI is InChI=1S/C12H11NO5S/c1-6-9(5-11(14)15)19-10(13-6)4-7-2-3-8(18-7)12(16)17/h2-3H,4-5H2,1H3,(H,14,15)(H,16,17). The number of carboxylic acids is 2. The van der Waals surface area contributed by atoms with Crippen LogP contribution in [0.5, 0.6) is 0 Å². The number of aryl methyl sites for hydroxylation is 1. The van der Waals surface area contributed by atoms with Crippen molar-refractivity contribution in [3.05, 3.63) is 39.2 Å². The average Bonchev–Trinajstić information content (AvgIpc) is 2.87. The van der Waals surface area contributed by atoms with Gasteiger partial charge in [-0.15, -0.1) is 11.3 Å². The molecule has 0 atom stereocenters.